The predicted octanol–water partition coefficient (Wildman–Crippen LogP) is 2.86. The largest absolute Gasteiger partial charge is 0.494 e. The van der Waals surface area contributed by atoms with Gasteiger partial charge in [0.1, 0.15) is 11.4 Å². The maximum Gasteiger partial charge on any atom is 0.337 e. The van der Waals surface area contributed by atoms with Crippen molar-refractivity contribution in [3.05, 3.63) is 66.1 Å². The van der Waals surface area contributed by atoms with Gasteiger partial charge in [-0.1, -0.05) is 18.2 Å². The molecule has 0 saturated carbocycles. The van der Waals surface area contributed by atoms with Crippen LogP contribution in [0.1, 0.15) is 22.5 Å². The average molecular weight is 450 g/mol. The van der Waals surface area contributed by atoms with Crippen LogP contribution in [-0.2, 0) is 18.3 Å². The number of para-hydroxylation sites is 1. The molecular weight excluding hydrogens is 418 g/mol. The molecule has 0 N–H and O–H groups in total. The topological polar surface area (TPSA) is 72.7 Å². The van der Waals surface area contributed by atoms with E-state index in [0.29, 0.717) is 11.3 Å². The summed E-state index contributed by atoms with van der Waals surface area (Å²) in [7, 11) is 3.37. The van der Waals surface area contributed by atoms with Gasteiger partial charge in [0.05, 0.1) is 31.2 Å². The maximum atomic E-state index is 11.8. The average Bonchev–Trinajstić information content (AvgIpc) is 3.23. The standard InChI is InChI=1S/C25H31N5O3/c1-28-21(18-27-24(28)23-17-20(9-10-26-23)25(31)32-2)19-30-14-12-29(13-15-30)11-6-16-33-22-7-4-3-5-8-22/h3-5,7-10,17-18H,6,11-16,19H2,1-2H3. The first-order valence-electron chi connectivity index (χ1n) is 11.3. The molecule has 3 aromatic rings. The van der Waals surface area contributed by atoms with Crippen LogP contribution in [0.3, 0.4) is 0 Å². The molecule has 1 fully saturated rings. The highest BCUT2D eigenvalue weighted by atomic mass is 16.5. The van der Waals surface area contributed by atoms with E-state index in [-0.39, 0.29) is 5.97 Å². The summed E-state index contributed by atoms with van der Waals surface area (Å²) in [6, 6.07) is 13.3. The number of hydrogen-bond donors (Lipinski definition) is 0. The molecule has 8 heteroatoms. The quantitative estimate of drug-likeness (QED) is 0.367. The number of methoxy groups -OCH3 is 1. The number of ether oxygens (including phenoxy) is 2. The SMILES string of the molecule is COC(=O)c1ccnc(-c2ncc(CN3CCN(CCCOc4ccccc4)CC3)n2C)c1. The zero-order valence-electron chi connectivity index (χ0n) is 19.3. The van der Waals surface area contributed by atoms with Gasteiger partial charge >= 0.3 is 5.97 Å². The first-order valence-corrected chi connectivity index (χ1v) is 11.3. The van der Waals surface area contributed by atoms with E-state index in [4.69, 9.17) is 9.47 Å². The zero-order chi connectivity index (χ0) is 23.0. The second-order valence-electron chi connectivity index (χ2n) is 8.19. The number of esters is 1. The van der Waals surface area contributed by atoms with Gasteiger partial charge in [-0.05, 0) is 30.7 Å². The van der Waals surface area contributed by atoms with E-state index in [0.717, 1.165) is 69.6 Å². The fraction of sp³-hybridized carbons (Fsp3) is 0.400. The Bertz CT molecular complexity index is 1050. The number of imidazole rings is 1. The highest BCUT2D eigenvalue weighted by Crippen LogP contribution is 2.19. The number of pyridine rings is 1. The van der Waals surface area contributed by atoms with Crippen molar-refractivity contribution in [1.82, 2.24) is 24.3 Å². The third kappa shape index (κ3) is 5.97. The number of nitrogens with zero attached hydrogens (tertiary/aromatic N) is 5. The lowest BCUT2D eigenvalue weighted by atomic mass is 10.2. The van der Waals surface area contributed by atoms with Crippen LogP contribution in [0.25, 0.3) is 11.5 Å². The van der Waals surface area contributed by atoms with Crippen molar-refractivity contribution in [3.8, 4) is 17.3 Å². The smallest absolute Gasteiger partial charge is 0.337 e. The van der Waals surface area contributed by atoms with E-state index >= 15 is 0 Å². The van der Waals surface area contributed by atoms with Crippen molar-refractivity contribution in [3.63, 3.8) is 0 Å². The van der Waals surface area contributed by atoms with Crippen LogP contribution in [0, 0.1) is 0 Å². The molecule has 0 radical (unpaired) electrons. The Morgan fingerprint density at radius 3 is 2.55 bits per heavy atom. The van der Waals surface area contributed by atoms with Gasteiger partial charge in [0.15, 0.2) is 5.82 Å². The zero-order valence-corrected chi connectivity index (χ0v) is 19.3. The molecule has 4 rings (SSSR count). The van der Waals surface area contributed by atoms with Gasteiger partial charge < -0.3 is 18.9 Å². The first kappa shape index (κ1) is 22.9. The number of carbonyl (C=O) groups is 1. The molecule has 8 nitrogen and oxygen atoms in total. The van der Waals surface area contributed by atoms with Gasteiger partial charge in [0, 0.05) is 52.5 Å². The molecule has 1 aliphatic heterocycles. The Morgan fingerprint density at radius 2 is 1.79 bits per heavy atom. The third-order valence-electron chi connectivity index (χ3n) is 5.98. The monoisotopic (exact) mass is 449 g/mol. The summed E-state index contributed by atoms with van der Waals surface area (Å²) in [6.07, 6.45) is 4.53. The molecule has 2 aromatic heterocycles. The van der Waals surface area contributed by atoms with Crippen molar-refractivity contribution in [1.29, 1.82) is 0 Å². The van der Waals surface area contributed by atoms with Crippen molar-refractivity contribution < 1.29 is 14.3 Å². The summed E-state index contributed by atoms with van der Waals surface area (Å²) in [5, 5.41) is 0. The van der Waals surface area contributed by atoms with E-state index < -0.39 is 0 Å². The summed E-state index contributed by atoms with van der Waals surface area (Å²) in [5.74, 6) is 1.30. The second-order valence-corrected chi connectivity index (χ2v) is 8.19. The van der Waals surface area contributed by atoms with Crippen molar-refractivity contribution in [2.75, 3.05) is 46.4 Å². The van der Waals surface area contributed by atoms with Gasteiger partial charge in [0.2, 0.25) is 0 Å². The fourth-order valence-corrected chi connectivity index (χ4v) is 4.02. The summed E-state index contributed by atoms with van der Waals surface area (Å²) in [4.78, 5) is 25.7. The lowest BCUT2D eigenvalue weighted by molar-refractivity contribution is 0.0600. The number of rotatable bonds is 9. The van der Waals surface area contributed by atoms with Gasteiger partial charge in [-0.15, -0.1) is 0 Å². The molecule has 0 amide bonds. The molecule has 1 aliphatic rings. The van der Waals surface area contributed by atoms with Crippen LogP contribution in [0.5, 0.6) is 5.75 Å². The fourth-order valence-electron chi connectivity index (χ4n) is 4.02. The molecule has 3 heterocycles. The molecule has 1 saturated heterocycles. The van der Waals surface area contributed by atoms with Crippen molar-refractivity contribution in [2.24, 2.45) is 7.05 Å². The summed E-state index contributed by atoms with van der Waals surface area (Å²) in [6.45, 7) is 6.79. The van der Waals surface area contributed by atoms with E-state index in [1.807, 2.05) is 43.6 Å². The molecule has 0 unspecified atom stereocenters. The van der Waals surface area contributed by atoms with E-state index in [1.54, 1.807) is 18.3 Å². The van der Waals surface area contributed by atoms with Crippen LogP contribution >= 0.6 is 0 Å². The number of benzene rings is 1. The molecule has 0 aliphatic carbocycles. The van der Waals surface area contributed by atoms with Gasteiger partial charge in [0.25, 0.3) is 0 Å². The summed E-state index contributed by atoms with van der Waals surface area (Å²) >= 11 is 0. The van der Waals surface area contributed by atoms with Gasteiger partial charge in [-0.25, -0.2) is 9.78 Å². The Balaban J connectivity index is 1.25. The number of carbonyl (C=O) groups excluding carboxylic acids is 1. The maximum absolute atomic E-state index is 11.8. The van der Waals surface area contributed by atoms with Crippen LogP contribution in [-0.4, -0.2) is 76.7 Å². The Labute approximate surface area is 194 Å². The summed E-state index contributed by atoms with van der Waals surface area (Å²) in [5.41, 5.74) is 2.26. The number of aromatic nitrogens is 3. The molecule has 174 valence electrons. The predicted molar refractivity (Wildman–Crippen MR) is 126 cm³/mol. The minimum atomic E-state index is -0.377. The molecule has 0 spiro atoms. The molecular formula is C25H31N5O3. The van der Waals surface area contributed by atoms with E-state index in [9.17, 15) is 4.79 Å². The molecule has 33 heavy (non-hydrogen) atoms. The first-order chi connectivity index (χ1) is 16.1. The lowest BCUT2D eigenvalue weighted by Crippen LogP contribution is -2.46. The molecule has 0 atom stereocenters. The third-order valence-corrected chi connectivity index (χ3v) is 5.98. The van der Waals surface area contributed by atoms with E-state index in [2.05, 4.69) is 24.3 Å². The number of hydrogen-bond acceptors (Lipinski definition) is 7. The van der Waals surface area contributed by atoms with Crippen molar-refractivity contribution in [2.45, 2.75) is 13.0 Å². The second kappa shape index (κ2) is 11.1. The minimum absolute atomic E-state index is 0.377. The van der Waals surface area contributed by atoms with E-state index in [1.165, 1.54) is 7.11 Å². The van der Waals surface area contributed by atoms with Crippen LogP contribution in [0.15, 0.2) is 54.9 Å². The van der Waals surface area contributed by atoms with Crippen molar-refractivity contribution >= 4 is 5.97 Å². The Kier molecular flexibility index (Phi) is 7.70. The van der Waals surface area contributed by atoms with Gasteiger partial charge in [-0.3, -0.25) is 9.88 Å². The van der Waals surface area contributed by atoms with Crippen LogP contribution < -0.4 is 4.74 Å². The number of piperazine rings is 1. The molecule has 1 aromatic carbocycles. The van der Waals surface area contributed by atoms with Gasteiger partial charge in [-0.2, -0.15) is 0 Å². The minimum Gasteiger partial charge on any atom is -0.494 e. The lowest BCUT2D eigenvalue weighted by Gasteiger charge is -2.34. The highest BCUT2D eigenvalue weighted by Gasteiger charge is 2.19. The molecule has 0 bridgehead atoms. The normalized spacial score (nSPS) is 14.8. The summed E-state index contributed by atoms with van der Waals surface area (Å²) < 4.78 is 12.7. The Morgan fingerprint density at radius 1 is 1.03 bits per heavy atom. The van der Waals surface area contributed by atoms with Crippen LogP contribution in [0.4, 0.5) is 0 Å². The highest BCUT2D eigenvalue weighted by molar-refractivity contribution is 5.90. The Hall–Kier alpha value is -3.23. The van der Waals surface area contributed by atoms with Crippen LogP contribution in [0.2, 0.25) is 0 Å².